The van der Waals surface area contributed by atoms with Crippen LogP contribution in [0.15, 0.2) is 29.2 Å². The number of rotatable bonds is 3. The van der Waals surface area contributed by atoms with E-state index >= 15 is 0 Å². The number of hydrogen-bond acceptors (Lipinski definition) is 2. The quantitative estimate of drug-likeness (QED) is 0.344. The molecule has 1 aromatic carbocycles. The third kappa shape index (κ3) is 3.91. The van der Waals surface area contributed by atoms with Gasteiger partial charge in [0.05, 0.1) is 0 Å². The van der Waals surface area contributed by atoms with Crippen LogP contribution in [-0.4, -0.2) is 5.75 Å². The summed E-state index contributed by atoms with van der Waals surface area (Å²) in [5.41, 5.74) is 6.39. The fourth-order valence-corrected chi connectivity index (χ4v) is 1.68. The minimum absolute atomic E-state index is 0.817. The van der Waals surface area contributed by atoms with Crippen molar-refractivity contribution in [3.05, 3.63) is 24.3 Å². The van der Waals surface area contributed by atoms with Crippen LogP contribution in [0.2, 0.25) is 0 Å². The van der Waals surface area contributed by atoms with E-state index in [1.54, 1.807) is 0 Å². The van der Waals surface area contributed by atoms with Crippen LogP contribution in [0.25, 0.3) is 0 Å². The molecule has 0 bridgehead atoms. The number of thioether (sulfide) groups is 1. The molecule has 0 aliphatic heterocycles. The van der Waals surface area contributed by atoms with Crippen LogP contribution in [0.3, 0.4) is 0 Å². The van der Waals surface area contributed by atoms with E-state index < -0.39 is 0 Å². The number of nitrogen functional groups attached to an aromatic ring is 1. The molecule has 0 heterocycles. The Balaban J connectivity index is 2.36. The normalized spacial score (nSPS) is 9.00. The van der Waals surface area contributed by atoms with Crippen LogP contribution in [0.5, 0.6) is 0 Å². The molecule has 0 amide bonds. The molecule has 0 radical (unpaired) electrons. The number of hydrogen-bond donors (Lipinski definition) is 1. The third-order valence-electron chi connectivity index (χ3n) is 1.55. The van der Waals surface area contributed by atoms with E-state index in [4.69, 9.17) is 5.73 Å². The van der Waals surface area contributed by atoms with Crippen LogP contribution < -0.4 is 5.73 Å². The Morgan fingerprint density at radius 1 is 1.31 bits per heavy atom. The summed E-state index contributed by atoms with van der Waals surface area (Å²) in [6.07, 6.45) is 0.950. The summed E-state index contributed by atoms with van der Waals surface area (Å²) >= 11 is 1.81. The summed E-state index contributed by atoms with van der Waals surface area (Å²) in [5.74, 6) is 6.96. The van der Waals surface area contributed by atoms with Gasteiger partial charge in [-0.2, -0.15) is 0 Å². The Kier molecular flexibility index (Phi) is 4.28. The van der Waals surface area contributed by atoms with E-state index in [2.05, 4.69) is 11.8 Å². The first-order valence-corrected chi connectivity index (χ1v) is 5.19. The van der Waals surface area contributed by atoms with Gasteiger partial charge in [-0.05, 0) is 31.2 Å². The molecule has 2 heteroatoms. The molecule has 2 N–H and O–H groups in total. The van der Waals surface area contributed by atoms with Crippen molar-refractivity contribution in [3.8, 4) is 11.8 Å². The van der Waals surface area contributed by atoms with Crippen molar-refractivity contribution in [2.24, 2.45) is 0 Å². The van der Waals surface area contributed by atoms with Crippen LogP contribution in [0, 0.1) is 11.8 Å². The van der Waals surface area contributed by atoms with Crippen molar-refractivity contribution in [2.45, 2.75) is 18.2 Å². The molecular weight excluding hydrogens is 178 g/mol. The molecule has 0 atom stereocenters. The Bertz CT molecular complexity index is 305. The predicted octanol–water partition coefficient (Wildman–Crippen LogP) is 2.77. The number of benzene rings is 1. The molecule has 0 saturated carbocycles. The Morgan fingerprint density at radius 3 is 2.62 bits per heavy atom. The average Bonchev–Trinajstić information content (AvgIpc) is 2.15. The highest BCUT2D eigenvalue weighted by atomic mass is 32.2. The van der Waals surface area contributed by atoms with Crippen molar-refractivity contribution in [1.82, 2.24) is 0 Å². The van der Waals surface area contributed by atoms with Crippen molar-refractivity contribution in [1.29, 1.82) is 0 Å². The van der Waals surface area contributed by atoms with Gasteiger partial charge < -0.3 is 5.73 Å². The van der Waals surface area contributed by atoms with E-state index in [-0.39, 0.29) is 0 Å². The maximum Gasteiger partial charge on any atom is 0.0314 e. The fraction of sp³-hybridized carbons (Fsp3) is 0.273. The highest BCUT2D eigenvalue weighted by molar-refractivity contribution is 7.99. The van der Waals surface area contributed by atoms with Gasteiger partial charge in [0.1, 0.15) is 0 Å². The molecule has 68 valence electrons. The highest BCUT2D eigenvalue weighted by Crippen LogP contribution is 2.19. The maximum absolute atomic E-state index is 5.57. The van der Waals surface area contributed by atoms with E-state index in [9.17, 15) is 0 Å². The lowest BCUT2D eigenvalue weighted by molar-refractivity contribution is 1.29. The zero-order valence-electron chi connectivity index (χ0n) is 7.71. The van der Waals surface area contributed by atoms with Crippen molar-refractivity contribution in [2.75, 3.05) is 11.5 Å². The lowest BCUT2D eigenvalue weighted by Gasteiger charge is -1.98. The highest BCUT2D eigenvalue weighted by Gasteiger charge is 1.91. The SMILES string of the molecule is CC#CCCSc1ccc(N)cc1. The smallest absolute Gasteiger partial charge is 0.0314 e. The molecule has 0 unspecified atom stereocenters. The summed E-state index contributed by atoms with van der Waals surface area (Å²) in [4.78, 5) is 1.26. The Labute approximate surface area is 83.7 Å². The first-order valence-electron chi connectivity index (χ1n) is 4.21. The van der Waals surface area contributed by atoms with Crippen LogP contribution in [0.4, 0.5) is 5.69 Å². The second-order valence-electron chi connectivity index (χ2n) is 2.59. The lowest BCUT2D eigenvalue weighted by atomic mass is 10.3. The molecule has 0 aliphatic carbocycles. The van der Waals surface area contributed by atoms with Gasteiger partial charge in [-0.15, -0.1) is 23.6 Å². The molecule has 1 aromatic rings. The van der Waals surface area contributed by atoms with E-state index in [1.165, 1.54) is 4.90 Å². The number of anilines is 1. The van der Waals surface area contributed by atoms with Gasteiger partial charge in [-0.25, -0.2) is 0 Å². The molecule has 0 saturated heterocycles. The minimum atomic E-state index is 0.817. The number of nitrogens with two attached hydrogens (primary N) is 1. The van der Waals surface area contributed by atoms with Crippen LogP contribution in [-0.2, 0) is 0 Å². The van der Waals surface area contributed by atoms with Gasteiger partial charge in [0.2, 0.25) is 0 Å². The second kappa shape index (κ2) is 5.55. The molecule has 13 heavy (non-hydrogen) atoms. The molecule has 0 spiro atoms. The third-order valence-corrected chi connectivity index (χ3v) is 2.57. The molecule has 0 aliphatic rings. The maximum atomic E-state index is 5.57. The van der Waals surface area contributed by atoms with Gasteiger partial charge in [0, 0.05) is 22.8 Å². The van der Waals surface area contributed by atoms with Crippen molar-refractivity contribution >= 4 is 17.4 Å². The molecular formula is C11H13NS. The van der Waals surface area contributed by atoms with Gasteiger partial charge in [0.15, 0.2) is 0 Å². The minimum Gasteiger partial charge on any atom is -0.399 e. The van der Waals surface area contributed by atoms with Crippen molar-refractivity contribution in [3.63, 3.8) is 0 Å². The lowest BCUT2D eigenvalue weighted by Crippen LogP contribution is -1.83. The topological polar surface area (TPSA) is 26.0 Å². The van der Waals surface area contributed by atoms with Gasteiger partial charge in [-0.3, -0.25) is 0 Å². The van der Waals surface area contributed by atoms with Crippen LogP contribution in [0.1, 0.15) is 13.3 Å². The van der Waals surface area contributed by atoms with E-state index in [1.807, 2.05) is 43.0 Å². The molecule has 0 aromatic heterocycles. The average molecular weight is 191 g/mol. The monoisotopic (exact) mass is 191 g/mol. The first-order chi connectivity index (χ1) is 6.33. The summed E-state index contributed by atoms with van der Waals surface area (Å²) in [5, 5.41) is 0. The second-order valence-corrected chi connectivity index (χ2v) is 3.76. The largest absolute Gasteiger partial charge is 0.399 e. The van der Waals surface area contributed by atoms with Gasteiger partial charge >= 0.3 is 0 Å². The summed E-state index contributed by atoms with van der Waals surface area (Å²) in [7, 11) is 0. The summed E-state index contributed by atoms with van der Waals surface area (Å²) in [6, 6.07) is 7.93. The van der Waals surface area contributed by atoms with Crippen LogP contribution >= 0.6 is 11.8 Å². The van der Waals surface area contributed by atoms with E-state index in [0.717, 1.165) is 17.9 Å². The Hall–Kier alpha value is -1.07. The first kappa shape index (κ1) is 10.0. The molecule has 0 fully saturated rings. The fourth-order valence-electron chi connectivity index (χ4n) is 0.909. The Morgan fingerprint density at radius 2 is 2.00 bits per heavy atom. The standard InChI is InChI=1S/C11H13NS/c1-2-3-4-9-13-11-7-5-10(12)6-8-11/h5-8H,4,9,12H2,1H3. The van der Waals surface area contributed by atoms with Gasteiger partial charge in [-0.1, -0.05) is 0 Å². The zero-order chi connectivity index (χ0) is 9.52. The molecule has 1 nitrogen and oxygen atoms in total. The van der Waals surface area contributed by atoms with Gasteiger partial charge in [0.25, 0.3) is 0 Å². The summed E-state index contributed by atoms with van der Waals surface area (Å²) < 4.78 is 0. The molecule has 1 rings (SSSR count). The summed E-state index contributed by atoms with van der Waals surface area (Å²) in [6.45, 7) is 1.87. The predicted molar refractivity (Wildman–Crippen MR) is 59.6 cm³/mol. The van der Waals surface area contributed by atoms with E-state index in [0.29, 0.717) is 0 Å². The van der Waals surface area contributed by atoms with Crippen molar-refractivity contribution < 1.29 is 0 Å². The zero-order valence-corrected chi connectivity index (χ0v) is 8.53.